The number of carbonyl (C=O) groups excluding carboxylic acids is 1. The first-order valence-electron chi connectivity index (χ1n) is 7.05. The largest absolute Gasteiger partial charge is 0.365 e. The van der Waals surface area contributed by atoms with Gasteiger partial charge < -0.3 is 15.5 Å². The summed E-state index contributed by atoms with van der Waals surface area (Å²) < 4.78 is 13.3. The smallest absolute Gasteiger partial charge is 0.239 e. The molecule has 0 atom stereocenters. The third-order valence-electron chi connectivity index (χ3n) is 2.97. The molecular formula is C15H24FN3O. The number of nitrogens with zero attached hydrogens (tertiary/aromatic N) is 1. The van der Waals surface area contributed by atoms with Crippen molar-refractivity contribution in [3.8, 4) is 0 Å². The zero-order valence-electron chi connectivity index (χ0n) is 12.5. The second-order valence-electron chi connectivity index (χ2n) is 4.76. The number of benzene rings is 1. The van der Waals surface area contributed by atoms with Crippen molar-refractivity contribution in [2.45, 2.75) is 26.8 Å². The summed E-state index contributed by atoms with van der Waals surface area (Å²) in [5, 5.41) is 6.02. The van der Waals surface area contributed by atoms with Crippen molar-refractivity contribution in [1.29, 1.82) is 0 Å². The van der Waals surface area contributed by atoms with E-state index in [0.717, 1.165) is 24.2 Å². The molecule has 112 valence electrons. The number of amides is 1. The first-order chi connectivity index (χ1) is 9.58. The number of hydrogen-bond acceptors (Lipinski definition) is 3. The third-order valence-corrected chi connectivity index (χ3v) is 2.97. The van der Waals surface area contributed by atoms with E-state index in [1.807, 2.05) is 25.8 Å². The van der Waals surface area contributed by atoms with Gasteiger partial charge in [0, 0.05) is 25.8 Å². The Morgan fingerprint density at radius 1 is 1.35 bits per heavy atom. The van der Waals surface area contributed by atoms with Crippen molar-refractivity contribution in [2.24, 2.45) is 0 Å². The van der Waals surface area contributed by atoms with Crippen LogP contribution in [0.15, 0.2) is 18.2 Å². The second kappa shape index (κ2) is 8.53. The van der Waals surface area contributed by atoms with Crippen molar-refractivity contribution >= 4 is 11.6 Å². The van der Waals surface area contributed by atoms with Crippen LogP contribution in [0.2, 0.25) is 0 Å². The monoisotopic (exact) mass is 281 g/mol. The van der Waals surface area contributed by atoms with Gasteiger partial charge in [0.05, 0.1) is 6.54 Å². The van der Waals surface area contributed by atoms with Crippen LogP contribution in [-0.2, 0) is 11.3 Å². The van der Waals surface area contributed by atoms with Gasteiger partial charge in [0.1, 0.15) is 5.82 Å². The lowest BCUT2D eigenvalue weighted by molar-refractivity contribution is -0.119. The topological polar surface area (TPSA) is 44.4 Å². The van der Waals surface area contributed by atoms with E-state index in [0.29, 0.717) is 13.1 Å². The summed E-state index contributed by atoms with van der Waals surface area (Å²) in [6.07, 6.45) is 0.914. The molecule has 1 aromatic rings. The first-order valence-corrected chi connectivity index (χ1v) is 7.05. The number of likely N-dealkylation sites (N-methyl/N-ethyl adjacent to an activating group) is 1. The molecule has 0 saturated carbocycles. The summed E-state index contributed by atoms with van der Waals surface area (Å²) in [6, 6.07) is 4.65. The second-order valence-corrected chi connectivity index (χ2v) is 4.76. The fourth-order valence-electron chi connectivity index (χ4n) is 1.95. The maximum atomic E-state index is 13.3. The van der Waals surface area contributed by atoms with E-state index in [2.05, 4.69) is 10.6 Å². The molecule has 1 aromatic carbocycles. The fourth-order valence-corrected chi connectivity index (χ4v) is 1.95. The Bertz CT molecular complexity index is 437. The van der Waals surface area contributed by atoms with E-state index in [9.17, 15) is 9.18 Å². The Balaban J connectivity index is 2.75. The Labute approximate surface area is 120 Å². The number of nitrogens with one attached hydrogen (secondary N) is 2. The van der Waals surface area contributed by atoms with Crippen molar-refractivity contribution in [3.63, 3.8) is 0 Å². The van der Waals surface area contributed by atoms with Crippen LogP contribution in [0.4, 0.5) is 10.1 Å². The average Bonchev–Trinajstić information content (AvgIpc) is 2.42. The third kappa shape index (κ3) is 5.17. The predicted molar refractivity (Wildman–Crippen MR) is 80.4 cm³/mol. The highest BCUT2D eigenvalue weighted by molar-refractivity contribution is 5.81. The van der Waals surface area contributed by atoms with Gasteiger partial charge in [-0.25, -0.2) is 4.39 Å². The zero-order valence-corrected chi connectivity index (χ0v) is 12.5. The molecule has 0 spiro atoms. The van der Waals surface area contributed by atoms with Crippen LogP contribution < -0.4 is 15.5 Å². The van der Waals surface area contributed by atoms with Gasteiger partial charge in [-0.15, -0.1) is 0 Å². The molecule has 0 fully saturated rings. The summed E-state index contributed by atoms with van der Waals surface area (Å²) >= 11 is 0. The van der Waals surface area contributed by atoms with Crippen LogP contribution in [0.1, 0.15) is 25.8 Å². The molecule has 0 unspecified atom stereocenters. The minimum absolute atomic E-state index is 0.0203. The molecule has 5 heteroatoms. The first kappa shape index (κ1) is 16.4. The summed E-state index contributed by atoms with van der Waals surface area (Å²) in [5.41, 5.74) is 1.73. The van der Waals surface area contributed by atoms with Gasteiger partial charge >= 0.3 is 0 Å². The maximum Gasteiger partial charge on any atom is 0.239 e. The summed E-state index contributed by atoms with van der Waals surface area (Å²) in [6.45, 7) is 6.37. The summed E-state index contributed by atoms with van der Waals surface area (Å²) in [5.74, 6) is -0.279. The molecule has 0 heterocycles. The molecule has 0 bridgehead atoms. The number of rotatable bonds is 8. The summed E-state index contributed by atoms with van der Waals surface area (Å²) in [4.78, 5) is 13.6. The molecule has 0 aliphatic carbocycles. The zero-order chi connectivity index (χ0) is 15.0. The molecule has 4 nitrogen and oxygen atoms in total. The van der Waals surface area contributed by atoms with Gasteiger partial charge in [0.2, 0.25) is 5.91 Å². The Morgan fingerprint density at radius 2 is 2.10 bits per heavy atom. The predicted octanol–water partition coefficient (Wildman–Crippen LogP) is 1.90. The van der Waals surface area contributed by atoms with Gasteiger partial charge in [-0.3, -0.25) is 4.79 Å². The average molecular weight is 281 g/mol. The normalized spacial score (nSPS) is 10.4. The number of anilines is 1. The highest BCUT2D eigenvalue weighted by Crippen LogP contribution is 2.20. The van der Waals surface area contributed by atoms with Crippen LogP contribution in [0.5, 0.6) is 0 Å². The summed E-state index contributed by atoms with van der Waals surface area (Å²) in [7, 11) is 1.84. The fraction of sp³-hybridized carbons (Fsp3) is 0.533. The van der Waals surface area contributed by atoms with E-state index in [1.165, 1.54) is 12.1 Å². The molecule has 0 aliphatic rings. The maximum absolute atomic E-state index is 13.3. The van der Waals surface area contributed by atoms with Crippen LogP contribution >= 0.6 is 0 Å². The molecule has 0 saturated heterocycles. The number of halogens is 1. The highest BCUT2D eigenvalue weighted by atomic mass is 19.1. The quantitative estimate of drug-likeness (QED) is 0.765. The van der Waals surface area contributed by atoms with Gasteiger partial charge in [0.25, 0.3) is 0 Å². The van der Waals surface area contributed by atoms with Crippen LogP contribution in [0.3, 0.4) is 0 Å². The van der Waals surface area contributed by atoms with Crippen LogP contribution in [0.25, 0.3) is 0 Å². The minimum atomic E-state index is -0.259. The Hall–Kier alpha value is -1.62. The van der Waals surface area contributed by atoms with Crippen LogP contribution in [0, 0.1) is 5.82 Å². The lowest BCUT2D eigenvalue weighted by Crippen LogP contribution is -2.36. The molecule has 0 radical (unpaired) electrons. The van der Waals surface area contributed by atoms with Gasteiger partial charge in [-0.2, -0.15) is 0 Å². The SMILES string of the molecule is CCCNC(=O)CN(C)c1ccc(F)cc1CNCC. The molecule has 1 amide bonds. The van der Waals surface area contributed by atoms with E-state index in [1.54, 1.807) is 6.07 Å². The number of hydrogen-bond donors (Lipinski definition) is 2. The Kier molecular flexibility index (Phi) is 7.01. The molecule has 20 heavy (non-hydrogen) atoms. The van der Waals surface area contributed by atoms with Gasteiger partial charge in [-0.1, -0.05) is 13.8 Å². The van der Waals surface area contributed by atoms with Crippen molar-refractivity contribution in [1.82, 2.24) is 10.6 Å². The minimum Gasteiger partial charge on any atom is -0.365 e. The lowest BCUT2D eigenvalue weighted by atomic mass is 10.1. The highest BCUT2D eigenvalue weighted by Gasteiger charge is 2.11. The van der Waals surface area contributed by atoms with E-state index >= 15 is 0 Å². The molecular weight excluding hydrogens is 257 g/mol. The van der Waals surface area contributed by atoms with Gasteiger partial charge in [0.15, 0.2) is 0 Å². The molecule has 0 aromatic heterocycles. The molecule has 2 N–H and O–H groups in total. The van der Waals surface area contributed by atoms with E-state index in [4.69, 9.17) is 0 Å². The standard InChI is InChI=1S/C15H24FN3O/c1-4-8-18-15(20)11-19(3)14-7-6-13(16)9-12(14)10-17-5-2/h6-7,9,17H,4-5,8,10-11H2,1-3H3,(H,18,20). The van der Waals surface area contributed by atoms with Crippen molar-refractivity contribution < 1.29 is 9.18 Å². The number of carbonyl (C=O) groups is 1. The van der Waals surface area contributed by atoms with Crippen LogP contribution in [-0.4, -0.2) is 32.6 Å². The van der Waals surface area contributed by atoms with E-state index in [-0.39, 0.29) is 18.3 Å². The van der Waals surface area contributed by atoms with Crippen molar-refractivity contribution in [2.75, 3.05) is 31.6 Å². The van der Waals surface area contributed by atoms with E-state index < -0.39 is 0 Å². The lowest BCUT2D eigenvalue weighted by Gasteiger charge is -2.22. The Morgan fingerprint density at radius 3 is 2.75 bits per heavy atom. The molecule has 1 rings (SSSR count). The molecule has 0 aliphatic heterocycles. The van der Waals surface area contributed by atoms with Gasteiger partial charge in [-0.05, 0) is 36.7 Å². The van der Waals surface area contributed by atoms with Crippen molar-refractivity contribution in [3.05, 3.63) is 29.6 Å².